The van der Waals surface area contributed by atoms with Crippen LogP contribution in [0, 0.1) is 6.92 Å². The molecule has 0 aliphatic carbocycles. The Hall–Kier alpha value is -1.13. The van der Waals surface area contributed by atoms with Crippen molar-refractivity contribution in [2.24, 2.45) is 5.73 Å². The van der Waals surface area contributed by atoms with Gasteiger partial charge in [-0.2, -0.15) is 0 Å². The summed E-state index contributed by atoms with van der Waals surface area (Å²) in [6, 6.07) is 2.65. The first-order chi connectivity index (χ1) is 8.70. The number of hydrogen-bond acceptors (Lipinski definition) is 4. The zero-order valence-corrected chi connectivity index (χ0v) is 11.4. The van der Waals surface area contributed by atoms with Crippen LogP contribution < -0.4 is 10.5 Å². The van der Waals surface area contributed by atoms with E-state index in [1.54, 1.807) is 0 Å². The van der Waals surface area contributed by atoms with Crippen molar-refractivity contribution in [3.05, 3.63) is 23.5 Å². The molecular formula is C14H23N3O. The molecular weight excluding hydrogens is 226 g/mol. The van der Waals surface area contributed by atoms with Gasteiger partial charge in [0.15, 0.2) is 0 Å². The molecule has 4 nitrogen and oxygen atoms in total. The van der Waals surface area contributed by atoms with Gasteiger partial charge in [-0.05, 0) is 39.8 Å². The van der Waals surface area contributed by atoms with Crippen molar-refractivity contribution < 1.29 is 4.74 Å². The lowest BCUT2D eigenvalue weighted by Crippen LogP contribution is -2.26. The minimum Gasteiger partial charge on any atom is -0.493 e. The number of rotatable bonds is 5. The Morgan fingerprint density at radius 3 is 3.06 bits per heavy atom. The Bertz CT molecular complexity index is 395. The number of nitrogens with zero attached hydrogens (tertiary/aromatic N) is 2. The standard InChI is InChI=1S/C14H23N3O/c1-11-8-14(12(9-15)10-16-11)18-7-5-13-4-3-6-17(13)2/h8,10,13H,3-7,9,15H2,1-2H3. The van der Waals surface area contributed by atoms with Crippen molar-refractivity contribution in [1.29, 1.82) is 0 Å². The van der Waals surface area contributed by atoms with Gasteiger partial charge in [-0.15, -0.1) is 0 Å². The van der Waals surface area contributed by atoms with Crippen molar-refractivity contribution in [2.75, 3.05) is 20.2 Å². The Morgan fingerprint density at radius 1 is 1.56 bits per heavy atom. The largest absolute Gasteiger partial charge is 0.493 e. The SMILES string of the molecule is Cc1cc(OCCC2CCCN2C)c(CN)cn1. The number of nitrogens with two attached hydrogens (primary N) is 1. The molecule has 1 atom stereocenters. The van der Waals surface area contributed by atoms with Gasteiger partial charge in [-0.1, -0.05) is 0 Å². The monoisotopic (exact) mass is 249 g/mol. The van der Waals surface area contributed by atoms with E-state index in [4.69, 9.17) is 10.5 Å². The van der Waals surface area contributed by atoms with Gasteiger partial charge in [0, 0.05) is 36.1 Å². The topological polar surface area (TPSA) is 51.4 Å². The van der Waals surface area contributed by atoms with Gasteiger partial charge in [0.2, 0.25) is 0 Å². The quantitative estimate of drug-likeness (QED) is 0.863. The minimum absolute atomic E-state index is 0.478. The van der Waals surface area contributed by atoms with Crippen molar-refractivity contribution in [2.45, 2.75) is 38.8 Å². The maximum absolute atomic E-state index is 5.87. The predicted molar refractivity (Wildman–Crippen MR) is 72.6 cm³/mol. The fourth-order valence-corrected chi connectivity index (χ4v) is 2.50. The molecule has 0 amide bonds. The summed E-state index contributed by atoms with van der Waals surface area (Å²) in [5, 5.41) is 0. The van der Waals surface area contributed by atoms with E-state index >= 15 is 0 Å². The summed E-state index contributed by atoms with van der Waals surface area (Å²) in [5.74, 6) is 0.894. The highest BCUT2D eigenvalue weighted by Crippen LogP contribution is 2.21. The van der Waals surface area contributed by atoms with Gasteiger partial charge >= 0.3 is 0 Å². The van der Waals surface area contributed by atoms with Gasteiger partial charge in [-0.25, -0.2) is 0 Å². The van der Waals surface area contributed by atoms with Crippen LogP contribution >= 0.6 is 0 Å². The van der Waals surface area contributed by atoms with E-state index in [-0.39, 0.29) is 0 Å². The Morgan fingerprint density at radius 2 is 2.39 bits per heavy atom. The molecule has 0 aromatic carbocycles. The average Bonchev–Trinajstić information content (AvgIpc) is 2.76. The van der Waals surface area contributed by atoms with Crippen LogP contribution in [0.4, 0.5) is 0 Å². The summed E-state index contributed by atoms with van der Waals surface area (Å²) in [7, 11) is 2.19. The van der Waals surface area contributed by atoms with Crippen LogP contribution in [0.1, 0.15) is 30.5 Å². The number of likely N-dealkylation sites (tertiary alicyclic amines) is 1. The van der Waals surface area contributed by atoms with Crippen LogP contribution in [0.3, 0.4) is 0 Å². The minimum atomic E-state index is 0.478. The Labute approximate surface area is 109 Å². The summed E-state index contributed by atoms with van der Waals surface area (Å²) >= 11 is 0. The molecule has 4 heteroatoms. The number of pyridine rings is 1. The van der Waals surface area contributed by atoms with E-state index < -0.39 is 0 Å². The molecule has 1 saturated heterocycles. The summed E-state index contributed by atoms with van der Waals surface area (Å²) in [4.78, 5) is 6.66. The second-order valence-electron chi connectivity index (χ2n) is 5.05. The van der Waals surface area contributed by atoms with E-state index in [2.05, 4.69) is 16.9 Å². The van der Waals surface area contributed by atoms with Crippen LogP contribution in [-0.4, -0.2) is 36.1 Å². The summed E-state index contributed by atoms with van der Waals surface area (Å²) < 4.78 is 5.87. The first-order valence-corrected chi connectivity index (χ1v) is 6.69. The van der Waals surface area contributed by atoms with E-state index in [9.17, 15) is 0 Å². The van der Waals surface area contributed by atoms with Crippen LogP contribution in [-0.2, 0) is 6.54 Å². The summed E-state index contributed by atoms with van der Waals surface area (Å²) in [6.45, 7) is 4.42. The van der Waals surface area contributed by atoms with Crippen molar-refractivity contribution in [3.63, 3.8) is 0 Å². The maximum atomic E-state index is 5.87. The van der Waals surface area contributed by atoms with E-state index in [0.29, 0.717) is 12.6 Å². The van der Waals surface area contributed by atoms with Gasteiger partial charge < -0.3 is 15.4 Å². The molecule has 1 aromatic heterocycles. The molecule has 18 heavy (non-hydrogen) atoms. The first kappa shape index (κ1) is 13.3. The van der Waals surface area contributed by atoms with Crippen LogP contribution in [0.15, 0.2) is 12.3 Å². The highest BCUT2D eigenvalue weighted by molar-refractivity contribution is 5.32. The molecule has 1 aliphatic rings. The fraction of sp³-hybridized carbons (Fsp3) is 0.643. The molecule has 1 aliphatic heterocycles. The third-order valence-corrected chi connectivity index (χ3v) is 3.68. The second kappa shape index (κ2) is 6.16. The molecule has 2 heterocycles. The third kappa shape index (κ3) is 3.21. The zero-order chi connectivity index (χ0) is 13.0. The van der Waals surface area contributed by atoms with E-state index in [1.807, 2.05) is 19.2 Å². The van der Waals surface area contributed by atoms with Gasteiger partial charge in [0.25, 0.3) is 0 Å². The molecule has 2 N–H and O–H groups in total. The van der Waals surface area contributed by atoms with Crippen molar-refractivity contribution in [3.8, 4) is 5.75 Å². The first-order valence-electron chi connectivity index (χ1n) is 6.69. The van der Waals surface area contributed by atoms with Crippen molar-refractivity contribution in [1.82, 2.24) is 9.88 Å². The van der Waals surface area contributed by atoms with Gasteiger partial charge in [0.1, 0.15) is 5.75 Å². The van der Waals surface area contributed by atoms with Gasteiger partial charge in [-0.3, -0.25) is 4.98 Å². The molecule has 0 bridgehead atoms. The van der Waals surface area contributed by atoms with Crippen molar-refractivity contribution >= 4 is 0 Å². The predicted octanol–water partition coefficient (Wildman–Crippen LogP) is 1.71. The molecule has 100 valence electrons. The highest BCUT2D eigenvalue weighted by atomic mass is 16.5. The Balaban J connectivity index is 1.87. The lowest BCUT2D eigenvalue weighted by molar-refractivity contribution is 0.232. The van der Waals surface area contributed by atoms with Crippen LogP contribution in [0.5, 0.6) is 5.75 Å². The lowest BCUT2D eigenvalue weighted by Gasteiger charge is -2.19. The molecule has 0 saturated carbocycles. The number of hydrogen-bond donors (Lipinski definition) is 1. The molecule has 2 rings (SSSR count). The zero-order valence-electron chi connectivity index (χ0n) is 11.4. The normalized spacial score (nSPS) is 20.3. The molecule has 1 aromatic rings. The highest BCUT2D eigenvalue weighted by Gasteiger charge is 2.20. The summed E-state index contributed by atoms with van der Waals surface area (Å²) in [5.41, 5.74) is 7.65. The summed E-state index contributed by atoms with van der Waals surface area (Å²) in [6.07, 6.45) is 5.50. The Kier molecular flexibility index (Phi) is 4.55. The molecule has 0 radical (unpaired) electrons. The van der Waals surface area contributed by atoms with Crippen LogP contribution in [0.25, 0.3) is 0 Å². The number of aromatic nitrogens is 1. The second-order valence-corrected chi connectivity index (χ2v) is 5.05. The maximum Gasteiger partial charge on any atom is 0.127 e. The molecule has 1 unspecified atom stereocenters. The number of aryl methyl sites for hydroxylation is 1. The van der Waals surface area contributed by atoms with E-state index in [0.717, 1.165) is 30.0 Å². The smallest absolute Gasteiger partial charge is 0.127 e. The van der Waals surface area contributed by atoms with Gasteiger partial charge in [0.05, 0.1) is 6.61 Å². The fourth-order valence-electron chi connectivity index (χ4n) is 2.50. The number of ether oxygens (including phenoxy) is 1. The average molecular weight is 249 g/mol. The third-order valence-electron chi connectivity index (χ3n) is 3.68. The molecule has 0 spiro atoms. The lowest BCUT2D eigenvalue weighted by atomic mass is 10.1. The van der Waals surface area contributed by atoms with E-state index in [1.165, 1.54) is 19.4 Å². The molecule has 1 fully saturated rings. The van der Waals surface area contributed by atoms with Crippen LogP contribution in [0.2, 0.25) is 0 Å².